The number of methoxy groups -OCH3 is 1. The molecule has 1 amide bonds. The third-order valence-corrected chi connectivity index (χ3v) is 6.04. The number of ether oxygens (including phenoxy) is 1. The molecular weight excluding hydrogens is 337 g/mol. The van der Waals surface area contributed by atoms with Gasteiger partial charge in [-0.25, -0.2) is 12.8 Å². The third kappa shape index (κ3) is 2.75. The van der Waals surface area contributed by atoms with Gasteiger partial charge >= 0.3 is 0 Å². The molecule has 0 aliphatic carbocycles. The summed E-state index contributed by atoms with van der Waals surface area (Å²) < 4.78 is 44.3. The van der Waals surface area contributed by atoms with E-state index in [0.29, 0.717) is 0 Å². The van der Waals surface area contributed by atoms with E-state index >= 15 is 0 Å². The zero-order chi connectivity index (χ0) is 17.5. The van der Waals surface area contributed by atoms with Crippen LogP contribution in [0.4, 0.5) is 4.39 Å². The van der Waals surface area contributed by atoms with Crippen LogP contribution < -0.4 is 4.74 Å². The Morgan fingerprint density at radius 1 is 1.29 bits per heavy atom. The van der Waals surface area contributed by atoms with Gasteiger partial charge in [0, 0.05) is 26.3 Å². The summed E-state index contributed by atoms with van der Waals surface area (Å²) >= 11 is 0. The highest BCUT2D eigenvalue weighted by Crippen LogP contribution is 2.27. The van der Waals surface area contributed by atoms with Gasteiger partial charge in [-0.05, 0) is 24.3 Å². The molecule has 0 atom stereocenters. The number of rotatable bonds is 4. The molecule has 2 heterocycles. The van der Waals surface area contributed by atoms with E-state index in [-0.39, 0.29) is 35.3 Å². The lowest BCUT2D eigenvalue weighted by atomic mass is 10.1. The van der Waals surface area contributed by atoms with Crippen LogP contribution in [0.25, 0.3) is 0 Å². The molecule has 0 bridgehead atoms. The van der Waals surface area contributed by atoms with Gasteiger partial charge < -0.3 is 9.64 Å². The van der Waals surface area contributed by atoms with Crippen molar-refractivity contribution in [1.82, 2.24) is 14.7 Å². The SMILES string of the molecule is COc1nn(C)cc1C(=O)N1CC(S(=O)(=O)c2ccc(F)cc2)C1. The normalized spacial score (nSPS) is 15.2. The van der Waals surface area contributed by atoms with Crippen molar-refractivity contribution in [3.63, 3.8) is 0 Å². The van der Waals surface area contributed by atoms with E-state index in [1.807, 2.05) is 0 Å². The first-order valence-electron chi connectivity index (χ1n) is 7.19. The zero-order valence-corrected chi connectivity index (χ0v) is 14.0. The summed E-state index contributed by atoms with van der Waals surface area (Å²) in [5.41, 5.74) is 0.289. The first-order valence-corrected chi connectivity index (χ1v) is 8.74. The number of benzene rings is 1. The maximum atomic E-state index is 12.9. The highest BCUT2D eigenvalue weighted by Gasteiger charge is 2.41. The fraction of sp³-hybridized carbons (Fsp3) is 0.333. The first kappa shape index (κ1) is 16.4. The number of halogens is 1. The number of amides is 1. The summed E-state index contributed by atoms with van der Waals surface area (Å²) in [5.74, 6) is -0.624. The molecule has 1 aromatic carbocycles. The smallest absolute Gasteiger partial charge is 0.261 e. The Morgan fingerprint density at radius 2 is 1.92 bits per heavy atom. The molecule has 1 aromatic heterocycles. The van der Waals surface area contributed by atoms with Crippen LogP contribution in [0.5, 0.6) is 5.88 Å². The highest BCUT2D eigenvalue weighted by molar-refractivity contribution is 7.92. The average Bonchev–Trinajstić information content (AvgIpc) is 2.87. The lowest BCUT2D eigenvalue weighted by Crippen LogP contribution is -2.56. The number of carbonyl (C=O) groups excluding carboxylic acids is 1. The molecule has 24 heavy (non-hydrogen) atoms. The third-order valence-electron chi connectivity index (χ3n) is 3.93. The predicted octanol–water partition coefficient (Wildman–Crippen LogP) is 0.866. The molecule has 0 saturated carbocycles. The van der Waals surface area contributed by atoms with Gasteiger partial charge in [0.2, 0.25) is 5.88 Å². The van der Waals surface area contributed by atoms with Crippen LogP contribution in [-0.4, -0.2) is 54.5 Å². The molecule has 7 nitrogen and oxygen atoms in total. The van der Waals surface area contributed by atoms with E-state index in [4.69, 9.17) is 4.74 Å². The second kappa shape index (κ2) is 5.90. The van der Waals surface area contributed by atoms with Crippen molar-refractivity contribution in [2.24, 2.45) is 7.05 Å². The Bertz CT molecular complexity index is 871. The maximum Gasteiger partial charge on any atom is 0.261 e. The van der Waals surface area contributed by atoms with E-state index in [1.54, 1.807) is 7.05 Å². The van der Waals surface area contributed by atoms with E-state index in [9.17, 15) is 17.6 Å². The van der Waals surface area contributed by atoms with Crippen LogP contribution in [0.3, 0.4) is 0 Å². The molecular formula is C15H16FN3O4S. The van der Waals surface area contributed by atoms with Gasteiger partial charge in [0.25, 0.3) is 5.91 Å². The number of aryl methyl sites for hydroxylation is 1. The van der Waals surface area contributed by atoms with Gasteiger partial charge in [0.1, 0.15) is 16.6 Å². The molecule has 3 rings (SSSR count). The minimum Gasteiger partial charge on any atom is -0.479 e. The molecule has 1 aliphatic rings. The van der Waals surface area contributed by atoms with Gasteiger partial charge in [0.15, 0.2) is 9.84 Å². The van der Waals surface area contributed by atoms with E-state index in [1.165, 1.54) is 35.0 Å². The summed E-state index contributed by atoms with van der Waals surface area (Å²) in [6, 6.07) is 4.68. The predicted molar refractivity (Wildman–Crippen MR) is 83.0 cm³/mol. The number of hydrogen-bond donors (Lipinski definition) is 0. The fourth-order valence-corrected chi connectivity index (χ4v) is 4.21. The minimum atomic E-state index is -3.59. The Balaban J connectivity index is 1.72. The zero-order valence-electron chi connectivity index (χ0n) is 13.1. The number of aromatic nitrogens is 2. The van der Waals surface area contributed by atoms with Crippen LogP contribution in [-0.2, 0) is 16.9 Å². The Kier molecular flexibility index (Phi) is 4.04. The second-order valence-corrected chi connectivity index (χ2v) is 7.78. The number of likely N-dealkylation sites (tertiary alicyclic amines) is 1. The van der Waals surface area contributed by atoms with Gasteiger partial charge in [-0.2, -0.15) is 0 Å². The van der Waals surface area contributed by atoms with Crippen LogP contribution in [0, 0.1) is 5.82 Å². The molecule has 1 aliphatic heterocycles. The van der Waals surface area contributed by atoms with E-state index in [2.05, 4.69) is 5.10 Å². The Labute approximate surface area is 138 Å². The standard InChI is InChI=1S/C15H16FN3O4S/c1-18-9-13(14(17-18)23-2)15(20)19-7-12(8-19)24(21,22)11-5-3-10(16)4-6-11/h3-6,9,12H,7-8H2,1-2H3. The second-order valence-electron chi connectivity index (χ2n) is 5.56. The number of nitrogens with zero attached hydrogens (tertiary/aromatic N) is 3. The van der Waals surface area contributed by atoms with E-state index in [0.717, 1.165) is 12.1 Å². The van der Waals surface area contributed by atoms with Crippen LogP contribution in [0.2, 0.25) is 0 Å². The van der Waals surface area contributed by atoms with Crippen LogP contribution in [0.1, 0.15) is 10.4 Å². The number of hydrogen-bond acceptors (Lipinski definition) is 5. The van der Waals surface area contributed by atoms with Crippen LogP contribution >= 0.6 is 0 Å². The van der Waals surface area contributed by atoms with Crippen molar-refractivity contribution in [2.45, 2.75) is 10.1 Å². The summed E-state index contributed by atoms with van der Waals surface area (Å²) in [7, 11) is -0.513. The van der Waals surface area contributed by atoms with Crippen molar-refractivity contribution in [2.75, 3.05) is 20.2 Å². The van der Waals surface area contributed by atoms with Crippen LogP contribution in [0.15, 0.2) is 35.4 Å². The maximum absolute atomic E-state index is 12.9. The van der Waals surface area contributed by atoms with Gasteiger partial charge in [0.05, 0.1) is 12.0 Å². The molecule has 128 valence electrons. The summed E-state index contributed by atoms with van der Waals surface area (Å²) in [4.78, 5) is 13.9. The minimum absolute atomic E-state index is 0.0555. The fourth-order valence-electron chi connectivity index (χ4n) is 2.55. The van der Waals surface area contributed by atoms with Crippen molar-refractivity contribution in [3.8, 4) is 5.88 Å². The molecule has 2 aromatic rings. The molecule has 9 heteroatoms. The summed E-state index contributed by atoms with van der Waals surface area (Å²) in [6.07, 6.45) is 1.53. The van der Waals surface area contributed by atoms with Gasteiger partial charge in [-0.15, -0.1) is 5.10 Å². The lowest BCUT2D eigenvalue weighted by molar-refractivity contribution is 0.0655. The summed E-state index contributed by atoms with van der Waals surface area (Å²) in [6.45, 7) is 0.160. The topological polar surface area (TPSA) is 81.5 Å². The average molecular weight is 353 g/mol. The molecule has 0 unspecified atom stereocenters. The lowest BCUT2D eigenvalue weighted by Gasteiger charge is -2.38. The van der Waals surface area contributed by atoms with Crippen molar-refractivity contribution < 1.29 is 22.3 Å². The first-order chi connectivity index (χ1) is 11.3. The van der Waals surface area contributed by atoms with Crippen molar-refractivity contribution in [3.05, 3.63) is 41.8 Å². The number of sulfone groups is 1. The highest BCUT2D eigenvalue weighted by atomic mass is 32.2. The number of carbonyl (C=O) groups is 1. The quantitative estimate of drug-likeness (QED) is 0.762. The molecule has 0 N–H and O–H groups in total. The van der Waals surface area contributed by atoms with Gasteiger partial charge in [-0.3, -0.25) is 9.48 Å². The Morgan fingerprint density at radius 3 is 2.50 bits per heavy atom. The Hall–Kier alpha value is -2.42. The molecule has 0 spiro atoms. The van der Waals surface area contributed by atoms with E-state index < -0.39 is 20.9 Å². The molecule has 0 radical (unpaired) electrons. The van der Waals surface area contributed by atoms with Crippen molar-refractivity contribution >= 4 is 15.7 Å². The largest absolute Gasteiger partial charge is 0.479 e. The monoisotopic (exact) mass is 353 g/mol. The van der Waals surface area contributed by atoms with Crippen molar-refractivity contribution in [1.29, 1.82) is 0 Å². The molecule has 1 fully saturated rings. The molecule has 1 saturated heterocycles. The van der Waals surface area contributed by atoms with Gasteiger partial charge in [-0.1, -0.05) is 0 Å². The summed E-state index contributed by atoms with van der Waals surface area (Å²) in [5, 5.41) is 3.31.